The number of carbonyl (C=O) groups is 2. The molecule has 0 aliphatic carbocycles. The first kappa shape index (κ1) is 24.1. The lowest BCUT2D eigenvalue weighted by atomic mass is 10.0. The van der Waals surface area contributed by atoms with Crippen LogP contribution in [0.4, 0.5) is 5.82 Å². The number of carbonyl (C=O) groups excluding carboxylic acids is 2. The van der Waals surface area contributed by atoms with E-state index in [4.69, 9.17) is 4.98 Å². The molecule has 2 aliphatic heterocycles. The number of aromatic nitrogens is 2. The molecule has 4 heterocycles. The average Bonchev–Trinajstić information content (AvgIpc) is 3.26. The fraction of sp³-hybridized carbons (Fsp3) is 0.481. The molecule has 0 atom stereocenters. The van der Waals surface area contributed by atoms with Crippen molar-refractivity contribution in [3.05, 3.63) is 41.0 Å². The molecule has 2 saturated heterocycles. The van der Waals surface area contributed by atoms with E-state index in [1.165, 1.54) is 0 Å². The van der Waals surface area contributed by atoms with Crippen molar-refractivity contribution < 1.29 is 9.59 Å². The molecule has 0 radical (unpaired) electrons. The quantitative estimate of drug-likeness (QED) is 0.560. The summed E-state index contributed by atoms with van der Waals surface area (Å²) in [7, 11) is 0. The number of imidazole rings is 1. The van der Waals surface area contributed by atoms with Crippen LogP contribution >= 0.6 is 0 Å². The van der Waals surface area contributed by atoms with Gasteiger partial charge in [-0.15, -0.1) is 0 Å². The van der Waals surface area contributed by atoms with Crippen LogP contribution in [0.3, 0.4) is 0 Å². The Hall–Kier alpha value is -3.64. The Morgan fingerprint density at radius 1 is 0.944 bits per heavy atom. The first-order valence-corrected chi connectivity index (χ1v) is 12.7. The van der Waals surface area contributed by atoms with Crippen LogP contribution in [-0.4, -0.2) is 94.8 Å². The first-order valence-electron chi connectivity index (χ1n) is 12.7. The lowest BCUT2D eigenvalue weighted by molar-refractivity contribution is -0.130. The number of nitriles is 1. The van der Waals surface area contributed by atoms with Gasteiger partial charge >= 0.3 is 0 Å². The Kier molecular flexibility index (Phi) is 6.54. The number of anilines is 1. The molecule has 1 aromatic carbocycles. The molecule has 2 amide bonds. The van der Waals surface area contributed by atoms with Crippen LogP contribution in [0, 0.1) is 18.3 Å². The monoisotopic (exact) mass is 487 g/mol. The van der Waals surface area contributed by atoms with E-state index in [0.29, 0.717) is 24.3 Å². The van der Waals surface area contributed by atoms with Gasteiger partial charge in [0, 0.05) is 72.8 Å². The van der Waals surface area contributed by atoms with Crippen LogP contribution in [0.5, 0.6) is 0 Å². The van der Waals surface area contributed by atoms with E-state index in [-0.39, 0.29) is 11.8 Å². The highest BCUT2D eigenvalue weighted by atomic mass is 16.2. The van der Waals surface area contributed by atoms with E-state index in [9.17, 15) is 14.9 Å². The number of hydrogen-bond acceptors (Lipinski definition) is 6. The summed E-state index contributed by atoms with van der Waals surface area (Å²) in [5.41, 5.74) is 5.31. The Morgan fingerprint density at radius 3 is 2.17 bits per heavy atom. The first-order chi connectivity index (χ1) is 17.4. The third-order valence-electron chi connectivity index (χ3n) is 7.73. The van der Waals surface area contributed by atoms with E-state index in [1.54, 1.807) is 13.8 Å². The summed E-state index contributed by atoms with van der Waals surface area (Å²) in [6.07, 6.45) is 0.797. The van der Waals surface area contributed by atoms with Gasteiger partial charge in [-0.05, 0) is 36.6 Å². The lowest BCUT2D eigenvalue weighted by Gasteiger charge is -2.38. The summed E-state index contributed by atoms with van der Waals surface area (Å²) < 4.78 is 2.16. The number of fused-ring (bicyclic) bond motifs is 3. The minimum atomic E-state index is 0.105. The molecule has 2 aromatic heterocycles. The molecular weight excluding hydrogens is 454 g/mol. The number of amides is 2. The fourth-order valence-electron chi connectivity index (χ4n) is 5.58. The molecule has 0 saturated carbocycles. The average molecular weight is 488 g/mol. The Labute approximate surface area is 211 Å². The maximum atomic E-state index is 12.0. The number of nitrogens with zero attached hydrogens (tertiary/aromatic N) is 7. The summed E-state index contributed by atoms with van der Waals surface area (Å²) in [6, 6.07) is 10.5. The Balaban J connectivity index is 1.56. The third kappa shape index (κ3) is 4.26. The van der Waals surface area contributed by atoms with Crippen molar-refractivity contribution in [3.8, 4) is 6.07 Å². The Bertz CT molecular complexity index is 1360. The standard InChI is InChI=1S/C27H33N7O2/c1-19-22(8-9-30-10-12-31(13-11-30)20(2)35)27(33-16-14-32(15-17-33)21(3)36)34-25-7-5-4-6-24(25)29-26(34)23(19)18-28/h4-7H,8-17H2,1-3H3. The number of para-hydroxylation sites is 2. The van der Waals surface area contributed by atoms with Gasteiger partial charge < -0.3 is 14.7 Å². The maximum Gasteiger partial charge on any atom is 0.219 e. The molecule has 5 rings (SSSR count). The van der Waals surface area contributed by atoms with E-state index in [0.717, 1.165) is 80.2 Å². The third-order valence-corrected chi connectivity index (χ3v) is 7.73. The van der Waals surface area contributed by atoms with Crippen molar-refractivity contribution in [2.24, 2.45) is 0 Å². The van der Waals surface area contributed by atoms with Gasteiger partial charge in [-0.25, -0.2) is 4.98 Å². The van der Waals surface area contributed by atoms with Crippen molar-refractivity contribution in [3.63, 3.8) is 0 Å². The molecule has 0 unspecified atom stereocenters. The SMILES string of the molecule is CC(=O)N1CCN(CCc2c(C)c(C#N)c3nc4ccccc4n3c2N2CCN(C(C)=O)CC2)CC1. The highest BCUT2D eigenvalue weighted by Crippen LogP contribution is 2.34. The molecule has 2 fully saturated rings. The van der Waals surface area contributed by atoms with Gasteiger partial charge in [0.05, 0.1) is 16.6 Å². The topological polar surface area (TPSA) is 88.2 Å². The van der Waals surface area contributed by atoms with Crippen molar-refractivity contribution in [2.45, 2.75) is 27.2 Å². The number of piperazine rings is 2. The molecule has 0 spiro atoms. The minimum Gasteiger partial charge on any atom is -0.354 e. The van der Waals surface area contributed by atoms with Gasteiger partial charge in [0.2, 0.25) is 11.8 Å². The molecule has 188 valence electrons. The van der Waals surface area contributed by atoms with Gasteiger partial charge in [-0.1, -0.05) is 12.1 Å². The molecule has 3 aromatic rings. The predicted molar refractivity (Wildman–Crippen MR) is 139 cm³/mol. The van der Waals surface area contributed by atoms with Gasteiger partial charge in [0.1, 0.15) is 11.9 Å². The molecule has 9 heteroatoms. The molecule has 36 heavy (non-hydrogen) atoms. The maximum absolute atomic E-state index is 12.0. The lowest BCUT2D eigenvalue weighted by Crippen LogP contribution is -2.49. The zero-order chi connectivity index (χ0) is 25.4. The molecular formula is C27H33N7O2. The van der Waals surface area contributed by atoms with Crippen LogP contribution in [0.25, 0.3) is 16.7 Å². The summed E-state index contributed by atoms with van der Waals surface area (Å²) in [6.45, 7) is 12.2. The summed E-state index contributed by atoms with van der Waals surface area (Å²) >= 11 is 0. The molecule has 9 nitrogen and oxygen atoms in total. The van der Waals surface area contributed by atoms with Crippen LogP contribution < -0.4 is 4.90 Å². The van der Waals surface area contributed by atoms with Crippen molar-refractivity contribution in [2.75, 3.05) is 63.8 Å². The van der Waals surface area contributed by atoms with E-state index in [2.05, 4.69) is 26.3 Å². The van der Waals surface area contributed by atoms with Gasteiger partial charge in [-0.2, -0.15) is 5.26 Å². The highest BCUT2D eigenvalue weighted by Gasteiger charge is 2.28. The number of pyridine rings is 1. The minimum absolute atomic E-state index is 0.105. The van der Waals surface area contributed by atoms with Crippen molar-refractivity contribution in [1.82, 2.24) is 24.1 Å². The second-order valence-electron chi connectivity index (χ2n) is 9.76. The summed E-state index contributed by atoms with van der Waals surface area (Å²) in [5.74, 6) is 1.32. The van der Waals surface area contributed by atoms with E-state index < -0.39 is 0 Å². The van der Waals surface area contributed by atoms with Gasteiger partial charge in [0.15, 0.2) is 5.65 Å². The van der Waals surface area contributed by atoms with E-state index in [1.807, 2.05) is 34.9 Å². The van der Waals surface area contributed by atoms with Crippen LogP contribution in [0.2, 0.25) is 0 Å². The van der Waals surface area contributed by atoms with Crippen LogP contribution in [0.1, 0.15) is 30.5 Å². The smallest absolute Gasteiger partial charge is 0.219 e. The summed E-state index contributed by atoms with van der Waals surface area (Å²) in [5, 5.41) is 10.2. The second kappa shape index (κ2) is 9.78. The predicted octanol–water partition coefficient (Wildman–Crippen LogP) is 2.04. The van der Waals surface area contributed by atoms with Crippen molar-refractivity contribution >= 4 is 34.3 Å². The summed E-state index contributed by atoms with van der Waals surface area (Å²) in [4.78, 5) is 37.1. The van der Waals surface area contributed by atoms with Crippen LogP contribution in [-0.2, 0) is 16.0 Å². The van der Waals surface area contributed by atoms with Gasteiger partial charge in [0.25, 0.3) is 0 Å². The van der Waals surface area contributed by atoms with Gasteiger partial charge in [-0.3, -0.25) is 18.9 Å². The molecule has 0 bridgehead atoms. The van der Waals surface area contributed by atoms with E-state index >= 15 is 0 Å². The second-order valence-corrected chi connectivity index (χ2v) is 9.76. The number of benzene rings is 1. The highest BCUT2D eigenvalue weighted by molar-refractivity contribution is 5.86. The molecule has 0 N–H and O–H groups in total. The number of hydrogen-bond donors (Lipinski definition) is 0. The molecule has 2 aliphatic rings. The Morgan fingerprint density at radius 2 is 1.56 bits per heavy atom. The zero-order valence-corrected chi connectivity index (χ0v) is 21.3. The fourth-order valence-corrected chi connectivity index (χ4v) is 5.58. The van der Waals surface area contributed by atoms with Crippen LogP contribution in [0.15, 0.2) is 24.3 Å². The number of rotatable bonds is 4. The largest absolute Gasteiger partial charge is 0.354 e. The zero-order valence-electron chi connectivity index (χ0n) is 21.3. The van der Waals surface area contributed by atoms with Crippen molar-refractivity contribution in [1.29, 1.82) is 5.26 Å². The normalized spacial score (nSPS) is 17.1.